The molecule has 0 bridgehead atoms. The number of halogens is 4. The van der Waals surface area contributed by atoms with Gasteiger partial charge < -0.3 is 0 Å². The van der Waals surface area contributed by atoms with Crippen LogP contribution in [0.4, 0.5) is 13.2 Å². The minimum Gasteiger partial charge on any atom is -0.259 e. The van der Waals surface area contributed by atoms with Gasteiger partial charge in [0.05, 0.1) is 16.4 Å². The van der Waals surface area contributed by atoms with Gasteiger partial charge in [-0.15, -0.1) is 0 Å². The Morgan fingerprint density at radius 2 is 1.92 bits per heavy atom. The van der Waals surface area contributed by atoms with E-state index >= 15 is 0 Å². The molecule has 0 aliphatic carbocycles. The number of alkyl halides is 3. The molecule has 0 unspecified atom stereocenters. The average molecular weight is 213 g/mol. The molecular weight excluding hydrogens is 205 g/mol. The summed E-state index contributed by atoms with van der Waals surface area (Å²) in [5.74, 6) is 0. The Labute approximate surface area is 78.3 Å². The van der Waals surface area contributed by atoms with Crippen LogP contribution in [0, 0.1) is 13.8 Å². The lowest BCUT2D eigenvalue weighted by Crippen LogP contribution is -2.19. The van der Waals surface area contributed by atoms with Crippen molar-refractivity contribution in [3.05, 3.63) is 16.4 Å². The lowest BCUT2D eigenvalue weighted by molar-refractivity contribution is -0.142. The van der Waals surface area contributed by atoms with Crippen molar-refractivity contribution in [2.24, 2.45) is 0 Å². The minimum absolute atomic E-state index is 0.296. The van der Waals surface area contributed by atoms with Gasteiger partial charge in [0.15, 0.2) is 0 Å². The van der Waals surface area contributed by atoms with Crippen LogP contribution in [-0.4, -0.2) is 16.0 Å². The summed E-state index contributed by atoms with van der Waals surface area (Å²) in [6.45, 7) is 1.99. The van der Waals surface area contributed by atoms with Crippen molar-refractivity contribution >= 4 is 11.6 Å². The molecule has 0 spiro atoms. The van der Waals surface area contributed by atoms with Crippen LogP contribution in [0.5, 0.6) is 0 Å². The van der Waals surface area contributed by atoms with Gasteiger partial charge in [0.2, 0.25) is 0 Å². The van der Waals surface area contributed by atoms with Gasteiger partial charge >= 0.3 is 6.18 Å². The number of aryl methyl sites for hydroxylation is 1. The van der Waals surface area contributed by atoms with Crippen molar-refractivity contribution in [3.63, 3.8) is 0 Å². The van der Waals surface area contributed by atoms with E-state index < -0.39 is 12.7 Å². The molecule has 74 valence electrons. The second-order valence-corrected chi connectivity index (χ2v) is 3.14. The first-order valence-electron chi connectivity index (χ1n) is 3.57. The second kappa shape index (κ2) is 3.21. The molecule has 0 amide bonds. The molecule has 2 nitrogen and oxygen atoms in total. The van der Waals surface area contributed by atoms with Gasteiger partial charge in [0.1, 0.15) is 6.54 Å². The Balaban J connectivity index is 2.97. The number of hydrogen-bond acceptors (Lipinski definition) is 1. The highest BCUT2D eigenvalue weighted by molar-refractivity contribution is 6.31. The second-order valence-electron chi connectivity index (χ2n) is 2.76. The molecule has 1 aromatic rings. The Hall–Kier alpha value is -0.710. The highest BCUT2D eigenvalue weighted by Crippen LogP contribution is 2.23. The lowest BCUT2D eigenvalue weighted by atomic mass is 10.4. The quantitative estimate of drug-likeness (QED) is 0.700. The summed E-state index contributed by atoms with van der Waals surface area (Å²) in [5, 5.41) is 3.96. The number of nitrogens with zero attached hydrogens (tertiary/aromatic N) is 2. The van der Waals surface area contributed by atoms with E-state index in [4.69, 9.17) is 11.6 Å². The monoisotopic (exact) mass is 212 g/mol. The summed E-state index contributed by atoms with van der Waals surface area (Å²) >= 11 is 5.68. The molecule has 0 radical (unpaired) electrons. The summed E-state index contributed by atoms with van der Waals surface area (Å²) < 4.78 is 36.7. The smallest absolute Gasteiger partial charge is 0.259 e. The van der Waals surface area contributed by atoms with Crippen LogP contribution in [-0.2, 0) is 6.54 Å². The lowest BCUT2D eigenvalue weighted by Gasteiger charge is -2.07. The fourth-order valence-electron chi connectivity index (χ4n) is 0.999. The van der Waals surface area contributed by atoms with Crippen molar-refractivity contribution in [2.45, 2.75) is 26.6 Å². The van der Waals surface area contributed by atoms with Gasteiger partial charge in [-0.2, -0.15) is 18.3 Å². The van der Waals surface area contributed by atoms with Gasteiger partial charge in [0, 0.05) is 0 Å². The standard InChI is InChI=1S/C7H8ClF3N2/c1-4-6(8)5(2)13(12-4)3-7(9,10)11/h3H2,1-2H3. The van der Waals surface area contributed by atoms with Crippen LogP contribution in [0.15, 0.2) is 0 Å². The predicted octanol–water partition coefficient (Wildman–Crippen LogP) is 2.72. The van der Waals surface area contributed by atoms with E-state index in [2.05, 4.69) is 5.10 Å². The molecule has 1 rings (SSSR count). The van der Waals surface area contributed by atoms with E-state index in [9.17, 15) is 13.2 Å². The summed E-state index contributed by atoms with van der Waals surface area (Å²) in [5.41, 5.74) is 0.764. The van der Waals surface area contributed by atoms with Gasteiger partial charge in [0.25, 0.3) is 0 Å². The SMILES string of the molecule is Cc1nn(CC(F)(F)F)c(C)c1Cl. The first-order chi connectivity index (χ1) is 5.81. The number of aromatic nitrogens is 2. The molecule has 0 saturated heterocycles. The van der Waals surface area contributed by atoms with E-state index in [1.54, 1.807) is 6.92 Å². The molecule has 1 heterocycles. The average Bonchev–Trinajstić information content (AvgIpc) is 2.15. The van der Waals surface area contributed by atoms with Crippen molar-refractivity contribution < 1.29 is 13.2 Å². The third-order valence-electron chi connectivity index (χ3n) is 1.62. The Kier molecular flexibility index (Phi) is 2.56. The van der Waals surface area contributed by atoms with Crippen LogP contribution in [0.3, 0.4) is 0 Å². The first-order valence-corrected chi connectivity index (χ1v) is 3.95. The van der Waals surface area contributed by atoms with Gasteiger partial charge in [-0.25, -0.2) is 0 Å². The summed E-state index contributed by atoms with van der Waals surface area (Å²) in [6.07, 6.45) is -4.26. The first kappa shape index (κ1) is 10.4. The van der Waals surface area contributed by atoms with Crippen LogP contribution in [0.2, 0.25) is 5.02 Å². The molecule has 0 N–H and O–H groups in total. The highest BCUT2D eigenvalue weighted by atomic mass is 35.5. The van der Waals surface area contributed by atoms with Crippen LogP contribution < -0.4 is 0 Å². The van der Waals surface area contributed by atoms with Crippen LogP contribution >= 0.6 is 11.6 Å². The van der Waals surface area contributed by atoms with Crippen molar-refractivity contribution in [3.8, 4) is 0 Å². The zero-order chi connectivity index (χ0) is 10.2. The summed E-state index contributed by atoms with van der Waals surface area (Å²) in [6, 6.07) is 0. The zero-order valence-electron chi connectivity index (χ0n) is 7.11. The number of rotatable bonds is 1. The molecular formula is C7H8ClF3N2. The third kappa shape index (κ3) is 2.37. The third-order valence-corrected chi connectivity index (χ3v) is 2.17. The molecule has 6 heteroatoms. The van der Waals surface area contributed by atoms with E-state index in [1.807, 2.05) is 0 Å². The molecule has 13 heavy (non-hydrogen) atoms. The molecule has 0 aliphatic rings. The van der Waals surface area contributed by atoms with E-state index in [0.717, 1.165) is 4.68 Å². The van der Waals surface area contributed by atoms with Crippen molar-refractivity contribution in [2.75, 3.05) is 0 Å². The maximum Gasteiger partial charge on any atom is 0.408 e. The minimum atomic E-state index is -4.26. The molecule has 0 aromatic carbocycles. The summed E-state index contributed by atoms with van der Waals surface area (Å²) in [4.78, 5) is 0. The Morgan fingerprint density at radius 1 is 1.38 bits per heavy atom. The molecule has 0 saturated carbocycles. The van der Waals surface area contributed by atoms with Gasteiger partial charge in [-0.05, 0) is 13.8 Å². The molecule has 0 aliphatic heterocycles. The van der Waals surface area contributed by atoms with E-state index in [0.29, 0.717) is 16.4 Å². The van der Waals surface area contributed by atoms with Gasteiger partial charge in [-0.3, -0.25) is 4.68 Å². The predicted molar refractivity (Wildman–Crippen MR) is 42.8 cm³/mol. The van der Waals surface area contributed by atoms with Gasteiger partial charge in [-0.1, -0.05) is 11.6 Å². The topological polar surface area (TPSA) is 17.8 Å². The fourth-order valence-corrected chi connectivity index (χ4v) is 1.13. The van der Waals surface area contributed by atoms with Crippen LogP contribution in [0.25, 0.3) is 0 Å². The Bertz CT molecular complexity index is 316. The maximum absolute atomic E-state index is 12.0. The molecule has 1 aromatic heterocycles. The van der Waals surface area contributed by atoms with E-state index in [-0.39, 0.29) is 0 Å². The maximum atomic E-state index is 12.0. The largest absolute Gasteiger partial charge is 0.408 e. The zero-order valence-corrected chi connectivity index (χ0v) is 7.87. The normalized spacial score (nSPS) is 12.2. The van der Waals surface area contributed by atoms with Crippen molar-refractivity contribution in [1.29, 1.82) is 0 Å². The molecule has 0 atom stereocenters. The Morgan fingerprint density at radius 3 is 2.23 bits per heavy atom. The van der Waals surface area contributed by atoms with Crippen LogP contribution in [0.1, 0.15) is 11.4 Å². The highest BCUT2D eigenvalue weighted by Gasteiger charge is 2.29. The summed E-state index contributed by atoms with van der Waals surface area (Å²) in [7, 11) is 0. The fraction of sp³-hybridized carbons (Fsp3) is 0.571. The van der Waals surface area contributed by atoms with Crippen molar-refractivity contribution in [1.82, 2.24) is 9.78 Å². The number of hydrogen-bond donors (Lipinski definition) is 0. The van der Waals surface area contributed by atoms with E-state index in [1.165, 1.54) is 6.92 Å². The molecule has 0 fully saturated rings.